The molecule has 0 saturated heterocycles. The molecular weight excluding hydrogens is 234 g/mol. The third-order valence-corrected chi connectivity index (χ3v) is 3.10. The van der Waals surface area contributed by atoms with Gasteiger partial charge in [0.15, 0.2) is 5.75 Å². The summed E-state index contributed by atoms with van der Waals surface area (Å²) in [6.07, 6.45) is 0. The second-order valence-corrected chi connectivity index (χ2v) is 3.93. The molecule has 1 heterocycles. The van der Waals surface area contributed by atoms with Gasteiger partial charge >= 0.3 is 5.69 Å². The summed E-state index contributed by atoms with van der Waals surface area (Å²) in [4.78, 5) is 10.4. The van der Waals surface area contributed by atoms with E-state index in [1.165, 1.54) is 13.2 Å². The lowest BCUT2D eigenvalue weighted by atomic mass is 10.1. The number of nitrogens with zero attached hydrogens (tertiary/aromatic N) is 3. The van der Waals surface area contributed by atoms with Gasteiger partial charge in [-0.15, -0.1) is 0 Å². The van der Waals surface area contributed by atoms with Crippen molar-refractivity contribution >= 4 is 16.6 Å². The summed E-state index contributed by atoms with van der Waals surface area (Å²) >= 11 is 0. The first-order valence-electron chi connectivity index (χ1n) is 5.22. The second-order valence-electron chi connectivity index (χ2n) is 3.93. The van der Waals surface area contributed by atoms with E-state index in [1.807, 2.05) is 11.6 Å². The van der Waals surface area contributed by atoms with Gasteiger partial charge in [0.25, 0.3) is 0 Å². The molecule has 0 N–H and O–H groups in total. The largest absolute Gasteiger partial charge is 0.490 e. The van der Waals surface area contributed by atoms with Crippen LogP contribution in [0.5, 0.6) is 5.75 Å². The zero-order valence-corrected chi connectivity index (χ0v) is 10.2. The molecule has 0 amide bonds. The molecule has 0 aliphatic carbocycles. The molecule has 0 bridgehead atoms. The normalized spacial score (nSPS) is 10.3. The molecule has 18 heavy (non-hydrogen) atoms. The topological polar surface area (TPSA) is 81.1 Å². The fourth-order valence-corrected chi connectivity index (χ4v) is 2.03. The van der Waals surface area contributed by atoms with Crippen LogP contribution in [-0.2, 0) is 7.05 Å². The summed E-state index contributed by atoms with van der Waals surface area (Å²) in [6, 6.07) is 5.05. The van der Waals surface area contributed by atoms with Gasteiger partial charge in [-0.2, -0.15) is 5.26 Å². The monoisotopic (exact) mass is 245 g/mol. The quantitative estimate of drug-likeness (QED) is 0.600. The average Bonchev–Trinajstić information content (AvgIpc) is 2.59. The number of aryl methyl sites for hydroxylation is 1. The molecule has 6 heteroatoms. The smallest absolute Gasteiger partial charge is 0.311 e. The number of nitro benzene ring substituents is 1. The first kappa shape index (κ1) is 11.9. The molecule has 92 valence electrons. The summed E-state index contributed by atoms with van der Waals surface area (Å²) in [7, 11) is 3.19. The minimum absolute atomic E-state index is 0.132. The van der Waals surface area contributed by atoms with Gasteiger partial charge in [0.05, 0.1) is 23.1 Å². The van der Waals surface area contributed by atoms with Gasteiger partial charge in [0, 0.05) is 30.3 Å². The number of nitro groups is 1. The van der Waals surface area contributed by atoms with Crippen LogP contribution in [0.25, 0.3) is 10.9 Å². The molecule has 6 nitrogen and oxygen atoms in total. The van der Waals surface area contributed by atoms with Crippen molar-refractivity contribution in [2.75, 3.05) is 7.11 Å². The van der Waals surface area contributed by atoms with E-state index in [1.54, 1.807) is 13.0 Å². The Balaban J connectivity index is 2.93. The van der Waals surface area contributed by atoms with Crippen LogP contribution in [0.3, 0.4) is 0 Å². The van der Waals surface area contributed by atoms with Crippen LogP contribution in [0.2, 0.25) is 0 Å². The summed E-state index contributed by atoms with van der Waals surface area (Å²) in [5, 5.41) is 20.6. The Bertz CT molecular complexity index is 695. The Hall–Kier alpha value is -2.55. The molecule has 1 aromatic carbocycles. The van der Waals surface area contributed by atoms with Crippen molar-refractivity contribution in [3.8, 4) is 11.8 Å². The van der Waals surface area contributed by atoms with Crippen molar-refractivity contribution in [2.45, 2.75) is 6.92 Å². The van der Waals surface area contributed by atoms with E-state index in [4.69, 9.17) is 10.00 Å². The van der Waals surface area contributed by atoms with Crippen molar-refractivity contribution in [2.24, 2.45) is 7.05 Å². The SMILES string of the molecule is COc1cc2c(cc1[N+](=O)[O-])c(C#N)c(C)n2C. The predicted octanol–water partition coefficient (Wildman–Crippen LogP) is 2.28. The van der Waals surface area contributed by atoms with Gasteiger partial charge in [-0.05, 0) is 6.92 Å². The number of nitriles is 1. The minimum Gasteiger partial charge on any atom is -0.490 e. The van der Waals surface area contributed by atoms with Crippen LogP contribution in [-0.4, -0.2) is 16.6 Å². The Morgan fingerprint density at radius 1 is 1.50 bits per heavy atom. The molecule has 0 aliphatic heterocycles. The Kier molecular flexibility index (Phi) is 2.67. The third kappa shape index (κ3) is 1.49. The predicted molar refractivity (Wildman–Crippen MR) is 65.6 cm³/mol. The standard InChI is InChI=1S/C12H11N3O3/c1-7-9(6-13)8-4-11(15(16)17)12(18-3)5-10(8)14(7)2/h4-5H,1-3H3. The molecule has 0 atom stereocenters. The molecule has 0 spiro atoms. The second kappa shape index (κ2) is 4.04. The highest BCUT2D eigenvalue weighted by Gasteiger charge is 2.21. The van der Waals surface area contributed by atoms with Crippen LogP contribution in [0.4, 0.5) is 5.69 Å². The van der Waals surface area contributed by atoms with Crippen molar-refractivity contribution in [1.29, 1.82) is 5.26 Å². The molecule has 2 rings (SSSR count). The third-order valence-electron chi connectivity index (χ3n) is 3.10. The van der Waals surface area contributed by atoms with E-state index in [9.17, 15) is 10.1 Å². The summed E-state index contributed by atoms with van der Waals surface area (Å²) in [5.41, 5.74) is 1.84. The van der Waals surface area contributed by atoms with Gasteiger partial charge in [-0.3, -0.25) is 10.1 Å². The van der Waals surface area contributed by atoms with Gasteiger partial charge in [-0.25, -0.2) is 0 Å². The number of hydrogen-bond acceptors (Lipinski definition) is 4. The maximum Gasteiger partial charge on any atom is 0.311 e. The highest BCUT2D eigenvalue weighted by atomic mass is 16.6. The first-order valence-corrected chi connectivity index (χ1v) is 5.22. The summed E-state index contributed by atoms with van der Waals surface area (Å²) in [6.45, 7) is 1.80. The maximum absolute atomic E-state index is 11.0. The zero-order valence-electron chi connectivity index (χ0n) is 10.2. The Morgan fingerprint density at radius 3 is 2.67 bits per heavy atom. The van der Waals surface area contributed by atoms with Crippen LogP contribution in [0.1, 0.15) is 11.3 Å². The van der Waals surface area contributed by atoms with Gasteiger partial charge in [0.1, 0.15) is 6.07 Å². The molecule has 0 fully saturated rings. The highest BCUT2D eigenvalue weighted by molar-refractivity contribution is 5.91. The summed E-state index contributed by atoms with van der Waals surface area (Å²) < 4.78 is 6.83. The first-order chi connectivity index (χ1) is 8.51. The van der Waals surface area contributed by atoms with E-state index in [0.29, 0.717) is 10.9 Å². The minimum atomic E-state index is -0.512. The fraction of sp³-hybridized carbons (Fsp3) is 0.250. The van der Waals surface area contributed by atoms with Crippen molar-refractivity contribution < 1.29 is 9.66 Å². The number of benzene rings is 1. The van der Waals surface area contributed by atoms with Crippen molar-refractivity contribution in [3.05, 3.63) is 33.5 Å². The van der Waals surface area contributed by atoms with Gasteiger partial charge in [-0.1, -0.05) is 0 Å². The molecule has 0 aliphatic rings. The lowest BCUT2D eigenvalue weighted by Crippen LogP contribution is -1.95. The van der Waals surface area contributed by atoms with Crippen molar-refractivity contribution in [3.63, 3.8) is 0 Å². The number of rotatable bonds is 2. The van der Waals surface area contributed by atoms with Crippen LogP contribution >= 0.6 is 0 Å². The summed E-state index contributed by atoms with van der Waals surface area (Å²) in [5.74, 6) is 0.192. The zero-order chi connectivity index (χ0) is 13.4. The lowest BCUT2D eigenvalue weighted by Gasteiger charge is -2.03. The number of fused-ring (bicyclic) bond motifs is 1. The van der Waals surface area contributed by atoms with Crippen LogP contribution < -0.4 is 4.74 Å². The van der Waals surface area contributed by atoms with E-state index in [0.717, 1.165) is 11.2 Å². The van der Waals surface area contributed by atoms with E-state index in [2.05, 4.69) is 6.07 Å². The van der Waals surface area contributed by atoms with Crippen LogP contribution in [0, 0.1) is 28.4 Å². The fourth-order valence-electron chi connectivity index (χ4n) is 2.03. The van der Waals surface area contributed by atoms with E-state index < -0.39 is 4.92 Å². The Morgan fingerprint density at radius 2 is 2.17 bits per heavy atom. The average molecular weight is 245 g/mol. The van der Waals surface area contributed by atoms with E-state index >= 15 is 0 Å². The van der Waals surface area contributed by atoms with Gasteiger partial charge < -0.3 is 9.30 Å². The highest BCUT2D eigenvalue weighted by Crippen LogP contribution is 2.35. The van der Waals surface area contributed by atoms with Crippen LogP contribution in [0.15, 0.2) is 12.1 Å². The molecule has 1 aromatic heterocycles. The van der Waals surface area contributed by atoms with E-state index in [-0.39, 0.29) is 11.4 Å². The van der Waals surface area contributed by atoms with Crippen molar-refractivity contribution in [1.82, 2.24) is 4.57 Å². The maximum atomic E-state index is 11.0. The molecular formula is C12H11N3O3. The van der Waals surface area contributed by atoms with Gasteiger partial charge in [0.2, 0.25) is 0 Å². The number of hydrogen-bond donors (Lipinski definition) is 0. The number of methoxy groups -OCH3 is 1. The molecule has 0 radical (unpaired) electrons. The Labute approximate surface area is 103 Å². The molecule has 0 unspecified atom stereocenters. The molecule has 0 saturated carbocycles. The lowest BCUT2D eigenvalue weighted by molar-refractivity contribution is -0.385. The number of aromatic nitrogens is 1. The number of ether oxygens (including phenoxy) is 1. The molecule has 2 aromatic rings.